The van der Waals surface area contributed by atoms with E-state index < -0.39 is 6.10 Å². The van der Waals surface area contributed by atoms with Gasteiger partial charge in [0.05, 0.1) is 0 Å². The first kappa shape index (κ1) is 71.1. The molecule has 6 heteroatoms. The molecule has 0 spiro atoms. The van der Waals surface area contributed by atoms with Crippen LogP contribution >= 0.6 is 0 Å². The van der Waals surface area contributed by atoms with Crippen molar-refractivity contribution < 1.29 is 28.6 Å². The molecule has 0 saturated heterocycles. The van der Waals surface area contributed by atoms with Gasteiger partial charge in [0.1, 0.15) is 13.2 Å². The Morgan fingerprint density at radius 1 is 0.270 bits per heavy atom. The summed E-state index contributed by atoms with van der Waals surface area (Å²) < 4.78 is 16.9. The van der Waals surface area contributed by atoms with Crippen LogP contribution in [0.2, 0.25) is 0 Å². The molecule has 0 fully saturated rings. The van der Waals surface area contributed by atoms with E-state index in [-0.39, 0.29) is 31.1 Å². The molecular formula is C68H122O6. The highest BCUT2D eigenvalue weighted by molar-refractivity contribution is 5.71. The Hall–Kier alpha value is -2.89. The predicted molar refractivity (Wildman–Crippen MR) is 321 cm³/mol. The molecular weight excluding hydrogens is 913 g/mol. The van der Waals surface area contributed by atoms with Gasteiger partial charge in [-0.15, -0.1) is 0 Å². The van der Waals surface area contributed by atoms with E-state index in [9.17, 15) is 14.4 Å². The monoisotopic (exact) mass is 1030 g/mol. The topological polar surface area (TPSA) is 78.9 Å². The fourth-order valence-corrected chi connectivity index (χ4v) is 9.36. The fourth-order valence-electron chi connectivity index (χ4n) is 9.36. The van der Waals surface area contributed by atoms with E-state index in [2.05, 4.69) is 81.5 Å². The average Bonchev–Trinajstić information content (AvgIpc) is 3.40. The first-order valence-corrected chi connectivity index (χ1v) is 32.3. The van der Waals surface area contributed by atoms with Gasteiger partial charge < -0.3 is 14.2 Å². The van der Waals surface area contributed by atoms with Crippen molar-refractivity contribution in [1.29, 1.82) is 0 Å². The molecule has 430 valence electrons. The highest BCUT2D eigenvalue weighted by Gasteiger charge is 2.19. The smallest absolute Gasteiger partial charge is 0.306 e. The van der Waals surface area contributed by atoms with E-state index >= 15 is 0 Å². The molecule has 0 heterocycles. The van der Waals surface area contributed by atoms with Crippen molar-refractivity contribution in [3.63, 3.8) is 0 Å². The molecule has 0 radical (unpaired) electrons. The van der Waals surface area contributed by atoms with Gasteiger partial charge >= 0.3 is 17.9 Å². The van der Waals surface area contributed by atoms with Gasteiger partial charge in [0, 0.05) is 19.3 Å². The van der Waals surface area contributed by atoms with Crippen LogP contribution in [0.25, 0.3) is 0 Å². The molecule has 0 aliphatic heterocycles. The molecule has 0 amide bonds. The van der Waals surface area contributed by atoms with E-state index in [1.165, 1.54) is 212 Å². The summed E-state index contributed by atoms with van der Waals surface area (Å²) in [7, 11) is 0. The third-order valence-electron chi connectivity index (χ3n) is 14.2. The highest BCUT2D eigenvalue weighted by atomic mass is 16.6. The summed E-state index contributed by atoms with van der Waals surface area (Å²) in [6.45, 7) is 6.63. The number of esters is 3. The number of allylic oxidation sites excluding steroid dienone is 10. The fraction of sp³-hybridized carbons (Fsp3) is 0.809. The van der Waals surface area contributed by atoms with Crippen molar-refractivity contribution >= 4 is 17.9 Å². The normalized spacial score (nSPS) is 12.4. The van der Waals surface area contributed by atoms with Gasteiger partial charge in [-0.3, -0.25) is 14.4 Å². The van der Waals surface area contributed by atoms with E-state index in [1.807, 2.05) is 0 Å². The zero-order valence-electron chi connectivity index (χ0n) is 49.4. The van der Waals surface area contributed by atoms with Crippen molar-refractivity contribution in [3.05, 3.63) is 60.8 Å². The maximum Gasteiger partial charge on any atom is 0.306 e. The van der Waals surface area contributed by atoms with Gasteiger partial charge in [0.25, 0.3) is 0 Å². The molecule has 0 rings (SSSR count). The maximum atomic E-state index is 12.9. The van der Waals surface area contributed by atoms with Gasteiger partial charge in [-0.05, 0) is 89.9 Å². The number of carbonyl (C=O) groups is 3. The van der Waals surface area contributed by atoms with Gasteiger partial charge in [0.15, 0.2) is 6.10 Å². The van der Waals surface area contributed by atoms with E-state index in [0.717, 1.165) is 83.5 Å². The minimum atomic E-state index is -0.782. The first-order valence-electron chi connectivity index (χ1n) is 32.3. The Labute approximate surface area is 460 Å². The minimum Gasteiger partial charge on any atom is -0.462 e. The molecule has 0 aromatic carbocycles. The van der Waals surface area contributed by atoms with Crippen LogP contribution in [0.15, 0.2) is 60.8 Å². The van der Waals surface area contributed by atoms with Crippen molar-refractivity contribution in [1.82, 2.24) is 0 Å². The lowest BCUT2D eigenvalue weighted by Crippen LogP contribution is -2.30. The van der Waals surface area contributed by atoms with Crippen LogP contribution in [0.4, 0.5) is 0 Å². The number of hydrogen-bond donors (Lipinski definition) is 0. The van der Waals surface area contributed by atoms with Crippen LogP contribution in [0.5, 0.6) is 0 Å². The van der Waals surface area contributed by atoms with Gasteiger partial charge in [-0.2, -0.15) is 0 Å². The molecule has 74 heavy (non-hydrogen) atoms. The summed E-state index contributed by atoms with van der Waals surface area (Å²) in [6.07, 6.45) is 79.3. The second-order valence-electron chi connectivity index (χ2n) is 21.7. The maximum absolute atomic E-state index is 12.9. The standard InChI is InChI=1S/C68H122O6/c1-4-7-10-13-16-19-22-25-28-31-34-37-40-43-46-49-52-55-58-61-67(70)73-64-65(63-72-66(69)60-57-54-51-48-45-42-39-36-33-30-27-24-21-18-15-12-9-6-3)74-68(71)62-59-56-53-50-47-44-41-38-35-32-29-26-23-20-17-14-11-8-5-2/h16-17,19-20,25-26,28-29,34,37,65H,4-15,18,21-24,27,30-33,35-36,38-64H2,1-3H3/b19-16-,20-17-,28-25-,29-26-,37-34-. The van der Waals surface area contributed by atoms with Crippen molar-refractivity contribution in [2.75, 3.05) is 13.2 Å². The summed E-state index contributed by atoms with van der Waals surface area (Å²) in [5.74, 6) is -0.875. The Bertz CT molecular complexity index is 1330. The molecule has 0 saturated carbocycles. The summed E-state index contributed by atoms with van der Waals surface area (Å²) in [4.78, 5) is 38.4. The molecule has 0 N–H and O–H groups in total. The predicted octanol–water partition coefficient (Wildman–Crippen LogP) is 21.9. The van der Waals surface area contributed by atoms with E-state index in [0.29, 0.717) is 19.3 Å². The molecule has 0 aliphatic rings. The molecule has 0 aromatic rings. The number of hydrogen-bond acceptors (Lipinski definition) is 6. The summed E-state index contributed by atoms with van der Waals surface area (Å²) in [6, 6.07) is 0. The van der Waals surface area contributed by atoms with Crippen LogP contribution in [0, 0.1) is 0 Å². The van der Waals surface area contributed by atoms with Crippen LogP contribution in [0.1, 0.15) is 335 Å². The zero-order chi connectivity index (χ0) is 53.6. The third kappa shape index (κ3) is 60.0. The Balaban J connectivity index is 4.38. The SMILES string of the molecule is CCCCC/C=C\C/C=C\C/C=C\CCCCCCCCC(=O)OCC(COC(=O)CCCCCCCCCCCCCCCCCCCC)OC(=O)CCCCCCCCCCC/C=C\C/C=C\CCCCC. The van der Waals surface area contributed by atoms with Gasteiger partial charge in [-0.1, -0.05) is 287 Å². The number of carbonyl (C=O) groups excluding carboxylic acids is 3. The van der Waals surface area contributed by atoms with E-state index in [4.69, 9.17) is 14.2 Å². The first-order chi connectivity index (χ1) is 36.5. The van der Waals surface area contributed by atoms with Gasteiger partial charge in [0.2, 0.25) is 0 Å². The number of rotatable bonds is 59. The molecule has 1 atom stereocenters. The van der Waals surface area contributed by atoms with E-state index in [1.54, 1.807) is 0 Å². The van der Waals surface area contributed by atoms with Crippen molar-refractivity contribution in [3.8, 4) is 0 Å². The van der Waals surface area contributed by atoms with Crippen LogP contribution in [-0.2, 0) is 28.6 Å². The largest absolute Gasteiger partial charge is 0.462 e. The summed E-state index contributed by atoms with van der Waals surface area (Å²) >= 11 is 0. The average molecular weight is 1040 g/mol. The Morgan fingerprint density at radius 2 is 0.486 bits per heavy atom. The lowest BCUT2D eigenvalue weighted by Gasteiger charge is -2.18. The van der Waals surface area contributed by atoms with Crippen LogP contribution < -0.4 is 0 Å². The summed E-state index contributed by atoms with van der Waals surface area (Å²) in [5, 5.41) is 0. The van der Waals surface area contributed by atoms with Gasteiger partial charge in [-0.25, -0.2) is 0 Å². The molecule has 1 unspecified atom stereocenters. The molecule has 0 bridgehead atoms. The highest BCUT2D eigenvalue weighted by Crippen LogP contribution is 2.17. The number of ether oxygens (including phenoxy) is 3. The lowest BCUT2D eigenvalue weighted by molar-refractivity contribution is -0.167. The second-order valence-corrected chi connectivity index (χ2v) is 21.7. The van der Waals surface area contributed by atoms with Crippen molar-refractivity contribution in [2.45, 2.75) is 341 Å². The molecule has 0 aliphatic carbocycles. The minimum absolute atomic E-state index is 0.0769. The quantitative estimate of drug-likeness (QED) is 0.0261. The molecule has 6 nitrogen and oxygen atoms in total. The second kappa shape index (κ2) is 62.6. The Morgan fingerprint density at radius 3 is 0.784 bits per heavy atom. The number of unbranched alkanes of at least 4 members (excludes halogenated alkanes) is 38. The van der Waals surface area contributed by atoms with Crippen LogP contribution in [-0.4, -0.2) is 37.2 Å². The lowest BCUT2D eigenvalue weighted by atomic mass is 10.0. The zero-order valence-corrected chi connectivity index (χ0v) is 49.4. The van der Waals surface area contributed by atoms with Crippen molar-refractivity contribution in [2.24, 2.45) is 0 Å². The Kier molecular flexibility index (Phi) is 60.2. The van der Waals surface area contributed by atoms with Crippen LogP contribution in [0.3, 0.4) is 0 Å². The molecule has 0 aromatic heterocycles. The summed E-state index contributed by atoms with van der Waals surface area (Å²) in [5.41, 5.74) is 0. The third-order valence-corrected chi connectivity index (χ3v) is 14.2.